The summed E-state index contributed by atoms with van der Waals surface area (Å²) in [6.07, 6.45) is 5.42. The second kappa shape index (κ2) is 6.77. The van der Waals surface area contributed by atoms with Crippen molar-refractivity contribution in [2.75, 3.05) is 13.1 Å². The first-order valence-electron chi connectivity index (χ1n) is 9.06. The summed E-state index contributed by atoms with van der Waals surface area (Å²) < 4.78 is 16.1. The molecule has 0 saturated carbocycles. The SMILES string of the molecule is Cn1ccnc1CN1CCCC2(CC(=O)NN2C(=O)c2ccccc2F)C1. The van der Waals surface area contributed by atoms with Crippen molar-refractivity contribution in [2.45, 2.75) is 31.3 Å². The number of imidazole rings is 1. The van der Waals surface area contributed by atoms with Crippen LogP contribution >= 0.6 is 0 Å². The predicted molar refractivity (Wildman–Crippen MR) is 95.8 cm³/mol. The molecule has 2 aliphatic heterocycles. The summed E-state index contributed by atoms with van der Waals surface area (Å²) in [6.45, 7) is 2.05. The molecule has 1 N–H and O–H groups in total. The van der Waals surface area contributed by atoms with Crippen LogP contribution in [0.1, 0.15) is 35.4 Å². The van der Waals surface area contributed by atoms with Crippen LogP contribution in [0.5, 0.6) is 0 Å². The number of likely N-dealkylation sites (tertiary alicyclic amines) is 1. The van der Waals surface area contributed by atoms with Crippen LogP contribution in [0, 0.1) is 5.82 Å². The number of carbonyl (C=O) groups excluding carboxylic acids is 2. The third-order valence-electron chi connectivity index (χ3n) is 5.43. The third-order valence-corrected chi connectivity index (χ3v) is 5.43. The molecule has 142 valence electrons. The highest BCUT2D eigenvalue weighted by Crippen LogP contribution is 2.35. The Kier molecular flexibility index (Phi) is 4.43. The first-order chi connectivity index (χ1) is 13.0. The molecule has 0 bridgehead atoms. The van der Waals surface area contributed by atoms with Crippen LogP contribution in [0.15, 0.2) is 36.7 Å². The van der Waals surface area contributed by atoms with Crippen LogP contribution in [-0.2, 0) is 18.4 Å². The summed E-state index contributed by atoms with van der Waals surface area (Å²) >= 11 is 0. The van der Waals surface area contributed by atoms with Crippen molar-refractivity contribution in [1.29, 1.82) is 0 Å². The van der Waals surface area contributed by atoms with Gasteiger partial charge in [-0.2, -0.15) is 0 Å². The van der Waals surface area contributed by atoms with Crippen molar-refractivity contribution in [3.8, 4) is 0 Å². The highest BCUT2D eigenvalue weighted by atomic mass is 19.1. The van der Waals surface area contributed by atoms with Gasteiger partial charge in [0.2, 0.25) is 5.91 Å². The number of aryl methyl sites for hydroxylation is 1. The van der Waals surface area contributed by atoms with Crippen LogP contribution in [0.25, 0.3) is 0 Å². The van der Waals surface area contributed by atoms with Crippen LogP contribution in [-0.4, -0.2) is 49.9 Å². The Morgan fingerprint density at radius 2 is 2.19 bits per heavy atom. The van der Waals surface area contributed by atoms with Gasteiger partial charge in [0.25, 0.3) is 5.91 Å². The number of hydrogen-bond acceptors (Lipinski definition) is 4. The van der Waals surface area contributed by atoms with E-state index in [0.29, 0.717) is 19.5 Å². The van der Waals surface area contributed by atoms with Gasteiger partial charge in [-0.25, -0.2) is 14.4 Å². The van der Waals surface area contributed by atoms with Crippen molar-refractivity contribution in [1.82, 2.24) is 24.9 Å². The van der Waals surface area contributed by atoms with E-state index in [4.69, 9.17) is 0 Å². The smallest absolute Gasteiger partial charge is 0.275 e. The molecule has 2 aromatic rings. The molecule has 4 rings (SSSR count). The molecular weight excluding hydrogens is 349 g/mol. The van der Waals surface area contributed by atoms with Crippen LogP contribution in [0.4, 0.5) is 4.39 Å². The number of carbonyl (C=O) groups is 2. The number of nitrogens with zero attached hydrogens (tertiary/aromatic N) is 4. The Balaban J connectivity index is 1.59. The van der Waals surface area contributed by atoms with Gasteiger partial charge >= 0.3 is 0 Å². The minimum Gasteiger partial charge on any atom is -0.337 e. The van der Waals surface area contributed by atoms with E-state index in [1.165, 1.54) is 17.1 Å². The minimum atomic E-state index is -0.667. The van der Waals surface area contributed by atoms with Gasteiger partial charge < -0.3 is 4.57 Å². The van der Waals surface area contributed by atoms with Gasteiger partial charge in [-0.3, -0.25) is 19.9 Å². The Hall–Kier alpha value is -2.74. The zero-order valence-electron chi connectivity index (χ0n) is 15.2. The van der Waals surface area contributed by atoms with Gasteiger partial charge in [0.15, 0.2) is 0 Å². The molecule has 0 radical (unpaired) electrons. The monoisotopic (exact) mass is 371 g/mol. The number of halogens is 1. The molecule has 8 heteroatoms. The van der Waals surface area contributed by atoms with Crippen LogP contribution in [0.2, 0.25) is 0 Å². The Morgan fingerprint density at radius 1 is 1.37 bits per heavy atom. The standard InChI is InChI=1S/C19H22FN5O2/c1-23-10-8-21-16(23)12-24-9-4-7-19(13-24)11-17(26)22-25(19)18(27)14-5-2-3-6-15(14)20/h2-3,5-6,8,10H,4,7,9,11-13H2,1H3,(H,22,26). The van der Waals surface area contributed by atoms with E-state index in [1.807, 2.05) is 17.8 Å². The molecule has 3 heterocycles. The van der Waals surface area contributed by atoms with Crippen LogP contribution < -0.4 is 5.43 Å². The Bertz CT molecular complexity index is 882. The molecular formula is C19H22FN5O2. The van der Waals surface area contributed by atoms with Crippen molar-refractivity contribution in [3.05, 3.63) is 53.9 Å². The number of aromatic nitrogens is 2. The van der Waals surface area contributed by atoms with Gasteiger partial charge in [-0.1, -0.05) is 12.1 Å². The lowest BCUT2D eigenvalue weighted by molar-refractivity contribution is -0.120. The molecule has 0 aliphatic carbocycles. The van der Waals surface area contributed by atoms with E-state index >= 15 is 0 Å². The fourth-order valence-corrected chi connectivity index (χ4v) is 4.10. The lowest BCUT2D eigenvalue weighted by atomic mass is 9.85. The Labute approximate surface area is 156 Å². The molecule has 2 aliphatic rings. The summed E-state index contributed by atoms with van der Waals surface area (Å²) in [5.41, 5.74) is 1.97. The van der Waals surface area contributed by atoms with Crippen molar-refractivity contribution >= 4 is 11.8 Å². The minimum absolute atomic E-state index is 0.0275. The first kappa shape index (κ1) is 17.7. The third kappa shape index (κ3) is 3.21. The summed E-state index contributed by atoms with van der Waals surface area (Å²) in [5.74, 6) is -0.368. The molecule has 7 nitrogen and oxygen atoms in total. The molecule has 2 fully saturated rings. The predicted octanol–water partition coefficient (Wildman–Crippen LogP) is 1.47. The molecule has 27 heavy (non-hydrogen) atoms. The highest BCUT2D eigenvalue weighted by molar-refractivity contribution is 5.98. The maximum atomic E-state index is 14.1. The number of nitrogens with one attached hydrogen (secondary N) is 1. The first-order valence-corrected chi connectivity index (χ1v) is 9.06. The van der Waals surface area contributed by atoms with Crippen molar-refractivity contribution in [2.24, 2.45) is 7.05 Å². The van der Waals surface area contributed by atoms with Gasteiger partial charge in [0.1, 0.15) is 11.6 Å². The molecule has 1 atom stereocenters. The van der Waals surface area contributed by atoms with Gasteiger partial charge in [-0.15, -0.1) is 0 Å². The zero-order chi connectivity index (χ0) is 19.0. The maximum Gasteiger partial charge on any atom is 0.275 e. The second-order valence-electron chi connectivity index (χ2n) is 7.33. The van der Waals surface area contributed by atoms with Crippen molar-refractivity contribution in [3.63, 3.8) is 0 Å². The molecule has 1 unspecified atom stereocenters. The quantitative estimate of drug-likeness (QED) is 0.887. The number of piperidine rings is 1. The molecule has 1 spiro atoms. The van der Waals surface area contributed by atoms with E-state index < -0.39 is 17.3 Å². The number of hydrogen-bond donors (Lipinski definition) is 1. The van der Waals surface area contributed by atoms with E-state index in [1.54, 1.807) is 18.3 Å². The van der Waals surface area contributed by atoms with Gasteiger partial charge in [0, 0.05) is 26.0 Å². The largest absolute Gasteiger partial charge is 0.337 e. The van der Waals surface area contributed by atoms with E-state index in [0.717, 1.165) is 18.8 Å². The van der Waals surface area contributed by atoms with Crippen molar-refractivity contribution < 1.29 is 14.0 Å². The lowest BCUT2D eigenvalue weighted by Crippen LogP contribution is -2.59. The fourth-order valence-electron chi connectivity index (χ4n) is 4.10. The molecule has 1 aromatic heterocycles. The summed E-state index contributed by atoms with van der Waals surface area (Å²) in [5, 5.41) is 1.36. The van der Waals surface area contributed by atoms with E-state index in [-0.39, 0.29) is 17.9 Å². The summed E-state index contributed by atoms with van der Waals surface area (Å²) in [4.78, 5) is 31.8. The number of hydrazine groups is 1. The van der Waals surface area contributed by atoms with Crippen LogP contribution in [0.3, 0.4) is 0 Å². The average Bonchev–Trinajstić information content (AvgIpc) is 3.18. The summed E-state index contributed by atoms with van der Waals surface area (Å²) in [6, 6.07) is 5.87. The van der Waals surface area contributed by atoms with Gasteiger partial charge in [-0.05, 0) is 31.5 Å². The lowest BCUT2D eigenvalue weighted by Gasteiger charge is -2.44. The molecule has 1 aromatic carbocycles. The Morgan fingerprint density at radius 3 is 2.93 bits per heavy atom. The number of benzene rings is 1. The van der Waals surface area contributed by atoms with E-state index in [9.17, 15) is 14.0 Å². The average molecular weight is 371 g/mol. The number of rotatable bonds is 3. The normalized spacial score (nSPS) is 23.0. The number of amides is 2. The topological polar surface area (TPSA) is 70.5 Å². The van der Waals surface area contributed by atoms with E-state index in [2.05, 4.69) is 15.3 Å². The zero-order valence-corrected chi connectivity index (χ0v) is 15.2. The second-order valence-corrected chi connectivity index (χ2v) is 7.33. The van der Waals surface area contributed by atoms with Gasteiger partial charge in [0.05, 0.1) is 24.1 Å². The highest BCUT2D eigenvalue weighted by Gasteiger charge is 2.50. The fraction of sp³-hybridized carbons (Fsp3) is 0.421. The maximum absolute atomic E-state index is 14.1. The summed E-state index contributed by atoms with van der Waals surface area (Å²) in [7, 11) is 1.94. The molecule has 2 saturated heterocycles. The molecule has 2 amide bonds.